The first kappa shape index (κ1) is 17.0. The summed E-state index contributed by atoms with van der Waals surface area (Å²) in [6.45, 7) is 4.68. The van der Waals surface area contributed by atoms with E-state index in [-0.39, 0.29) is 11.2 Å². The third kappa shape index (κ3) is 3.79. The Morgan fingerprint density at radius 3 is 2.96 bits per heavy atom. The molecular formula is C17H22N4O2S. The minimum absolute atomic E-state index is 0.149. The minimum atomic E-state index is -0.194. The van der Waals surface area contributed by atoms with Gasteiger partial charge in [-0.2, -0.15) is 0 Å². The van der Waals surface area contributed by atoms with E-state index in [1.807, 2.05) is 22.5 Å². The van der Waals surface area contributed by atoms with Gasteiger partial charge in [-0.05, 0) is 24.5 Å². The van der Waals surface area contributed by atoms with E-state index in [0.717, 1.165) is 18.1 Å². The fourth-order valence-electron chi connectivity index (χ4n) is 2.83. The molecule has 2 heterocycles. The number of carbonyl (C=O) groups excluding carboxylic acids is 1. The Morgan fingerprint density at radius 2 is 2.17 bits per heavy atom. The van der Waals surface area contributed by atoms with E-state index < -0.39 is 0 Å². The summed E-state index contributed by atoms with van der Waals surface area (Å²) in [6, 6.07) is 8.34. The molecule has 0 spiro atoms. The zero-order valence-corrected chi connectivity index (χ0v) is 14.8. The highest BCUT2D eigenvalue weighted by Gasteiger charge is 2.26. The molecule has 0 saturated heterocycles. The lowest BCUT2D eigenvalue weighted by Crippen LogP contribution is -2.40. The van der Waals surface area contributed by atoms with Gasteiger partial charge >= 0.3 is 0 Å². The van der Waals surface area contributed by atoms with Crippen LogP contribution in [0.1, 0.15) is 18.1 Å². The summed E-state index contributed by atoms with van der Waals surface area (Å²) < 4.78 is 7.01. The topological polar surface area (TPSA) is 60.2 Å². The van der Waals surface area contributed by atoms with Crippen molar-refractivity contribution < 1.29 is 9.53 Å². The van der Waals surface area contributed by atoms with Crippen LogP contribution in [0.25, 0.3) is 0 Å². The van der Waals surface area contributed by atoms with Crippen LogP contribution in [0.2, 0.25) is 0 Å². The summed E-state index contributed by atoms with van der Waals surface area (Å²) in [5.74, 6) is 0.149. The predicted molar refractivity (Wildman–Crippen MR) is 92.8 cm³/mol. The summed E-state index contributed by atoms with van der Waals surface area (Å²) in [6.07, 6.45) is 2.60. The van der Waals surface area contributed by atoms with Crippen LogP contribution >= 0.6 is 11.8 Å². The monoisotopic (exact) mass is 346 g/mol. The maximum atomic E-state index is 12.8. The van der Waals surface area contributed by atoms with Crippen LogP contribution < -0.4 is 0 Å². The van der Waals surface area contributed by atoms with E-state index in [4.69, 9.17) is 4.74 Å². The molecule has 1 aromatic carbocycles. The van der Waals surface area contributed by atoms with E-state index >= 15 is 0 Å². The quantitative estimate of drug-likeness (QED) is 0.749. The highest BCUT2D eigenvalue weighted by atomic mass is 32.2. The number of ether oxygens (including phenoxy) is 1. The van der Waals surface area contributed by atoms with Crippen LogP contribution in [0.15, 0.2) is 35.7 Å². The van der Waals surface area contributed by atoms with Crippen molar-refractivity contribution in [2.24, 2.45) is 0 Å². The molecule has 1 atom stereocenters. The van der Waals surface area contributed by atoms with Gasteiger partial charge in [0.1, 0.15) is 6.33 Å². The van der Waals surface area contributed by atoms with Gasteiger partial charge in [-0.25, -0.2) is 0 Å². The standard InChI is InChI=1S/C17H22N4O2S/c1-13(24-17-19-18-12-21(17)9-10-23-2)16(22)20-8-7-14-5-3-4-6-15(14)11-20/h3-6,12-13H,7-11H2,1-2H3. The number of aromatic nitrogens is 3. The van der Waals surface area contributed by atoms with Gasteiger partial charge in [0, 0.05) is 26.7 Å². The molecule has 24 heavy (non-hydrogen) atoms. The molecule has 1 aliphatic heterocycles. The fraction of sp³-hybridized carbons (Fsp3) is 0.471. The molecule has 1 aliphatic rings. The number of hydrogen-bond donors (Lipinski definition) is 0. The average molecular weight is 346 g/mol. The van der Waals surface area contributed by atoms with Crippen molar-refractivity contribution in [1.29, 1.82) is 0 Å². The molecule has 6 nitrogen and oxygen atoms in total. The van der Waals surface area contributed by atoms with Gasteiger partial charge in [-0.1, -0.05) is 36.0 Å². The Hall–Kier alpha value is -1.86. The summed E-state index contributed by atoms with van der Waals surface area (Å²) in [5, 5.41) is 8.62. The number of carbonyl (C=O) groups is 1. The van der Waals surface area contributed by atoms with E-state index in [9.17, 15) is 4.79 Å². The fourth-order valence-corrected chi connectivity index (χ4v) is 3.76. The molecule has 1 amide bonds. The van der Waals surface area contributed by atoms with Gasteiger partial charge in [0.25, 0.3) is 0 Å². The molecule has 128 valence electrons. The van der Waals surface area contributed by atoms with E-state index in [0.29, 0.717) is 19.7 Å². The second kappa shape index (κ2) is 7.81. The van der Waals surface area contributed by atoms with Crippen molar-refractivity contribution in [3.05, 3.63) is 41.7 Å². The Labute approximate surface area is 146 Å². The van der Waals surface area contributed by atoms with Gasteiger partial charge < -0.3 is 14.2 Å². The lowest BCUT2D eigenvalue weighted by molar-refractivity contribution is -0.131. The van der Waals surface area contributed by atoms with Gasteiger partial charge in [0.05, 0.1) is 11.9 Å². The van der Waals surface area contributed by atoms with Crippen molar-refractivity contribution in [3.63, 3.8) is 0 Å². The second-order valence-corrected chi connectivity index (χ2v) is 7.15. The number of fused-ring (bicyclic) bond motifs is 1. The molecule has 3 rings (SSSR count). The van der Waals surface area contributed by atoms with Gasteiger partial charge in [-0.3, -0.25) is 4.79 Å². The Morgan fingerprint density at radius 1 is 1.38 bits per heavy atom. The van der Waals surface area contributed by atoms with Crippen LogP contribution in [0.4, 0.5) is 0 Å². The highest BCUT2D eigenvalue weighted by molar-refractivity contribution is 8.00. The number of methoxy groups -OCH3 is 1. The second-order valence-electron chi connectivity index (χ2n) is 5.84. The number of benzene rings is 1. The molecule has 0 radical (unpaired) electrons. The van der Waals surface area contributed by atoms with Crippen LogP contribution in [0.3, 0.4) is 0 Å². The minimum Gasteiger partial charge on any atom is -0.383 e. The summed E-state index contributed by atoms with van der Waals surface area (Å²) in [7, 11) is 1.66. The number of amides is 1. The lowest BCUT2D eigenvalue weighted by Gasteiger charge is -2.30. The summed E-state index contributed by atoms with van der Waals surface area (Å²) in [4.78, 5) is 14.7. The smallest absolute Gasteiger partial charge is 0.236 e. The molecule has 0 bridgehead atoms. The molecule has 1 unspecified atom stereocenters. The normalized spacial score (nSPS) is 15.2. The van der Waals surface area contributed by atoms with Crippen molar-refractivity contribution in [1.82, 2.24) is 19.7 Å². The summed E-state index contributed by atoms with van der Waals surface area (Å²) >= 11 is 1.45. The molecule has 2 aromatic rings. The lowest BCUT2D eigenvalue weighted by atomic mass is 10.00. The van der Waals surface area contributed by atoms with Crippen molar-refractivity contribution >= 4 is 17.7 Å². The van der Waals surface area contributed by atoms with Crippen LogP contribution in [0, 0.1) is 0 Å². The number of nitrogens with zero attached hydrogens (tertiary/aromatic N) is 4. The van der Waals surface area contributed by atoms with E-state index in [1.54, 1.807) is 13.4 Å². The maximum absolute atomic E-state index is 12.8. The molecule has 1 aromatic heterocycles. The zero-order chi connectivity index (χ0) is 16.9. The first-order valence-corrected chi connectivity index (χ1v) is 8.96. The zero-order valence-electron chi connectivity index (χ0n) is 14.0. The highest BCUT2D eigenvalue weighted by Crippen LogP contribution is 2.25. The van der Waals surface area contributed by atoms with E-state index in [1.165, 1.54) is 22.9 Å². The third-order valence-corrected chi connectivity index (χ3v) is 5.27. The molecule has 7 heteroatoms. The average Bonchev–Trinajstić information content (AvgIpc) is 3.05. The summed E-state index contributed by atoms with van der Waals surface area (Å²) in [5.41, 5.74) is 2.60. The number of rotatable bonds is 6. The SMILES string of the molecule is COCCn1cnnc1SC(C)C(=O)N1CCc2ccccc2C1. The van der Waals surface area contributed by atoms with Gasteiger partial charge in [0.15, 0.2) is 5.16 Å². The Kier molecular flexibility index (Phi) is 5.52. The van der Waals surface area contributed by atoms with Crippen molar-refractivity contribution in [3.8, 4) is 0 Å². The first-order valence-electron chi connectivity index (χ1n) is 8.08. The van der Waals surface area contributed by atoms with E-state index in [2.05, 4.69) is 28.4 Å². The maximum Gasteiger partial charge on any atom is 0.236 e. The van der Waals surface area contributed by atoms with Gasteiger partial charge in [-0.15, -0.1) is 10.2 Å². The molecular weight excluding hydrogens is 324 g/mol. The third-order valence-electron chi connectivity index (χ3n) is 4.19. The van der Waals surface area contributed by atoms with Gasteiger partial charge in [0.2, 0.25) is 5.91 Å². The number of thioether (sulfide) groups is 1. The first-order chi connectivity index (χ1) is 11.7. The predicted octanol–water partition coefficient (Wildman–Crippen LogP) is 1.99. The van der Waals surface area contributed by atoms with Crippen molar-refractivity contribution in [2.75, 3.05) is 20.3 Å². The molecule has 0 aliphatic carbocycles. The Balaban J connectivity index is 1.62. The number of hydrogen-bond acceptors (Lipinski definition) is 5. The largest absolute Gasteiger partial charge is 0.383 e. The Bertz CT molecular complexity index is 703. The van der Waals surface area contributed by atoms with Crippen LogP contribution in [-0.4, -0.2) is 51.1 Å². The van der Waals surface area contributed by atoms with Crippen molar-refractivity contribution in [2.45, 2.75) is 36.8 Å². The molecule has 0 fully saturated rings. The van der Waals surface area contributed by atoms with Crippen LogP contribution in [0.5, 0.6) is 0 Å². The van der Waals surface area contributed by atoms with Crippen LogP contribution in [-0.2, 0) is 29.0 Å². The molecule has 0 saturated carbocycles. The molecule has 0 N–H and O–H groups in total.